The molecule has 1 aromatic heterocycles. The topological polar surface area (TPSA) is 67.3 Å². The van der Waals surface area contributed by atoms with Crippen molar-refractivity contribution in [3.05, 3.63) is 52.0 Å². The van der Waals surface area contributed by atoms with Crippen LogP contribution in [-0.2, 0) is 22.9 Å². The number of thiazole rings is 1. The zero-order valence-electron chi connectivity index (χ0n) is 11.9. The monoisotopic (exact) mass is 336 g/mol. The largest absolute Gasteiger partial charge is 0.286 e. The average molecular weight is 336 g/mol. The number of hydrogen-bond donors (Lipinski definition) is 0. The molecular weight excluding hydrogens is 320 g/mol. The third-order valence-corrected chi connectivity index (χ3v) is 6.30. The van der Waals surface area contributed by atoms with Crippen LogP contribution in [0.3, 0.4) is 0 Å². The van der Waals surface area contributed by atoms with E-state index < -0.39 is 15.9 Å². The van der Waals surface area contributed by atoms with E-state index in [1.165, 1.54) is 16.9 Å². The zero-order chi connectivity index (χ0) is 15.6. The molecule has 0 aliphatic carbocycles. The van der Waals surface area contributed by atoms with Crippen LogP contribution in [0.1, 0.15) is 27.5 Å². The van der Waals surface area contributed by atoms with Crippen molar-refractivity contribution in [2.45, 2.75) is 19.3 Å². The Morgan fingerprint density at radius 2 is 2.00 bits per heavy atom. The van der Waals surface area contributed by atoms with Gasteiger partial charge in [-0.15, -0.1) is 11.3 Å². The van der Waals surface area contributed by atoms with E-state index in [2.05, 4.69) is 17.1 Å². The van der Waals surface area contributed by atoms with Gasteiger partial charge in [-0.3, -0.25) is 4.79 Å². The molecule has 1 amide bonds. The van der Waals surface area contributed by atoms with E-state index in [4.69, 9.17) is 0 Å². The summed E-state index contributed by atoms with van der Waals surface area (Å²) in [5, 5.41) is 2.50. The number of amides is 1. The molecule has 3 rings (SSSR count). The second-order valence-electron chi connectivity index (χ2n) is 5.16. The van der Waals surface area contributed by atoms with Crippen molar-refractivity contribution in [1.29, 1.82) is 0 Å². The molecule has 0 spiro atoms. The van der Waals surface area contributed by atoms with Gasteiger partial charge in [0, 0.05) is 18.3 Å². The summed E-state index contributed by atoms with van der Waals surface area (Å²) >= 11 is 1.40. The second-order valence-corrected chi connectivity index (χ2v) is 8.11. The molecule has 1 aliphatic rings. The molecule has 0 radical (unpaired) electrons. The first-order valence-electron chi connectivity index (χ1n) is 7.09. The van der Waals surface area contributed by atoms with Crippen molar-refractivity contribution in [2.75, 3.05) is 12.3 Å². The fourth-order valence-corrected chi connectivity index (χ4v) is 4.66. The molecule has 0 saturated carbocycles. The van der Waals surface area contributed by atoms with Crippen molar-refractivity contribution < 1.29 is 13.2 Å². The Balaban J connectivity index is 1.67. The summed E-state index contributed by atoms with van der Waals surface area (Å²) in [6.07, 6.45) is 2.10. The lowest BCUT2D eigenvalue weighted by molar-refractivity contribution is 0.0865. The first-order chi connectivity index (χ1) is 10.6. The van der Waals surface area contributed by atoms with Crippen LogP contribution in [0.4, 0.5) is 0 Å². The molecule has 1 fully saturated rings. The Bertz CT molecular complexity index is 769. The molecule has 22 heavy (non-hydrogen) atoms. The Kier molecular flexibility index (Phi) is 4.26. The van der Waals surface area contributed by atoms with Crippen LogP contribution in [0.15, 0.2) is 35.7 Å². The minimum absolute atomic E-state index is 0.0454. The summed E-state index contributed by atoms with van der Waals surface area (Å²) in [5.41, 5.74) is 1.45. The number of aromatic nitrogens is 1. The van der Waals surface area contributed by atoms with E-state index in [1.807, 2.05) is 18.2 Å². The van der Waals surface area contributed by atoms with Gasteiger partial charge in [0.1, 0.15) is 5.69 Å². The Labute approximate surface area is 133 Å². The minimum Gasteiger partial charge on any atom is -0.266 e. The maximum absolute atomic E-state index is 12.2. The van der Waals surface area contributed by atoms with Crippen LogP contribution in [0, 0.1) is 0 Å². The number of rotatable bonds is 4. The molecule has 0 atom stereocenters. The van der Waals surface area contributed by atoms with Crippen LogP contribution in [0.25, 0.3) is 0 Å². The first kappa shape index (κ1) is 15.2. The molecule has 2 heterocycles. The Morgan fingerprint density at radius 3 is 2.68 bits per heavy atom. The number of carbonyl (C=O) groups excluding carboxylic acids is 1. The van der Waals surface area contributed by atoms with Crippen LogP contribution >= 0.6 is 11.3 Å². The van der Waals surface area contributed by atoms with Crippen LogP contribution in [-0.4, -0.2) is 35.9 Å². The first-order valence-corrected chi connectivity index (χ1v) is 9.58. The molecular formula is C15H16N2O3S2. The standard InChI is InChI=1S/C15H16N2O3S2/c18-15(17-9-4-10-22(17,19)20)13-11-21-14(16-13)8-7-12-5-2-1-3-6-12/h1-3,5-6,11H,4,7-10H2. The van der Waals surface area contributed by atoms with Crippen molar-refractivity contribution >= 4 is 27.3 Å². The predicted octanol–water partition coefficient (Wildman–Crippen LogP) is 2.10. The third-order valence-electron chi connectivity index (χ3n) is 3.57. The summed E-state index contributed by atoms with van der Waals surface area (Å²) < 4.78 is 24.5. The maximum Gasteiger partial charge on any atom is 0.286 e. The molecule has 1 saturated heterocycles. The molecule has 1 aromatic carbocycles. The number of carbonyl (C=O) groups is 1. The van der Waals surface area contributed by atoms with Gasteiger partial charge in [-0.05, 0) is 18.4 Å². The fourth-order valence-electron chi connectivity index (χ4n) is 2.42. The van der Waals surface area contributed by atoms with Gasteiger partial charge in [-0.25, -0.2) is 17.7 Å². The molecule has 7 heteroatoms. The van der Waals surface area contributed by atoms with E-state index in [1.54, 1.807) is 5.38 Å². The van der Waals surface area contributed by atoms with E-state index in [-0.39, 0.29) is 18.0 Å². The molecule has 1 aliphatic heterocycles. The highest BCUT2D eigenvalue weighted by Crippen LogP contribution is 2.19. The number of hydrogen-bond acceptors (Lipinski definition) is 5. The summed E-state index contributed by atoms with van der Waals surface area (Å²) in [5.74, 6) is -0.455. The van der Waals surface area contributed by atoms with Crippen LogP contribution < -0.4 is 0 Å². The van der Waals surface area contributed by atoms with Crippen LogP contribution in [0.5, 0.6) is 0 Å². The fraction of sp³-hybridized carbons (Fsp3) is 0.333. The van der Waals surface area contributed by atoms with Crippen molar-refractivity contribution in [3.63, 3.8) is 0 Å². The lowest BCUT2D eigenvalue weighted by Gasteiger charge is -2.12. The smallest absolute Gasteiger partial charge is 0.266 e. The molecule has 2 aromatic rings. The lowest BCUT2D eigenvalue weighted by atomic mass is 10.1. The quantitative estimate of drug-likeness (QED) is 0.857. The SMILES string of the molecule is O=C(c1csc(CCc2ccccc2)n1)N1CCCS1(=O)=O. The molecule has 0 bridgehead atoms. The van der Waals surface area contributed by atoms with Crippen molar-refractivity contribution in [1.82, 2.24) is 9.29 Å². The highest BCUT2D eigenvalue weighted by atomic mass is 32.2. The third kappa shape index (κ3) is 3.20. The average Bonchev–Trinajstić information content (AvgIpc) is 3.12. The summed E-state index contributed by atoms with van der Waals surface area (Å²) in [6.45, 7) is 0.262. The molecule has 5 nitrogen and oxygen atoms in total. The van der Waals surface area contributed by atoms with E-state index in [0.29, 0.717) is 6.42 Å². The summed E-state index contributed by atoms with van der Waals surface area (Å²) in [6, 6.07) is 10.1. The Hall–Kier alpha value is -1.73. The van der Waals surface area contributed by atoms with Gasteiger partial charge in [0.25, 0.3) is 5.91 Å². The van der Waals surface area contributed by atoms with Gasteiger partial charge in [0.2, 0.25) is 10.0 Å². The summed E-state index contributed by atoms with van der Waals surface area (Å²) in [7, 11) is -3.43. The minimum atomic E-state index is -3.43. The number of aryl methyl sites for hydroxylation is 2. The van der Waals surface area contributed by atoms with E-state index >= 15 is 0 Å². The van der Waals surface area contributed by atoms with Gasteiger partial charge in [0.05, 0.1) is 10.8 Å². The van der Waals surface area contributed by atoms with Gasteiger partial charge >= 0.3 is 0 Å². The lowest BCUT2D eigenvalue weighted by Crippen LogP contribution is -2.32. The number of sulfonamides is 1. The zero-order valence-corrected chi connectivity index (χ0v) is 13.6. The Morgan fingerprint density at radius 1 is 1.23 bits per heavy atom. The van der Waals surface area contributed by atoms with E-state index in [0.717, 1.165) is 22.2 Å². The highest BCUT2D eigenvalue weighted by Gasteiger charge is 2.34. The van der Waals surface area contributed by atoms with Gasteiger partial charge < -0.3 is 0 Å². The molecule has 116 valence electrons. The van der Waals surface area contributed by atoms with Gasteiger partial charge in [-0.2, -0.15) is 0 Å². The molecule has 0 unspecified atom stereocenters. The molecule has 0 N–H and O–H groups in total. The van der Waals surface area contributed by atoms with Crippen molar-refractivity contribution in [2.24, 2.45) is 0 Å². The summed E-state index contributed by atoms with van der Waals surface area (Å²) in [4.78, 5) is 16.5. The highest BCUT2D eigenvalue weighted by molar-refractivity contribution is 7.89. The van der Waals surface area contributed by atoms with Crippen molar-refractivity contribution in [3.8, 4) is 0 Å². The van der Waals surface area contributed by atoms with Gasteiger partial charge in [-0.1, -0.05) is 30.3 Å². The number of benzene rings is 1. The predicted molar refractivity (Wildman–Crippen MR) is 85.4 cm³/mol. The van der Waals surface area contributed by atoms with Crippen LogP contribution in [0.2, 0.25) is 0 Å². The van der Waals surface area contributed by atoms with E-state index in [9.17, 15) is 13.2 Å². The van der Waals surface area contributed by atoms with Gasteiger partial charge in [0.15, 0.2) is 0 Å². The second kappa shape index (κ2) is 6.18. The number of nitrogens with zero attached hydrogens (tertiary/aromatic N) is 2. The maximum atomic E-state index is 12.2. The normalized spacial score (nSPS) is 16.8.